The minimum atomic E-state index is -0.405. The molecular weight excluding hydrogens is 280 g/mol. The Morgan fingerprint density at radius 2 is 2.05 bits per heavy atom. The average molecular weight is 304 g/mol. The van der Waals surface area contributed by atoms with Crippen LogP contribution in [0.1, 0.15) is 31.2 Å². The van der Waals surface area contributed by atoms with E-state index in [2.05, 4.69) is 4.90 Å². The molecule has 21 heavy (non-hydrogen) atoms. The van der Waals surface area contributed by atoms with Crippen molar-refractivity contribution in [1.29, 1.82) is 0 Å². The second kappa shape index (κ2) is 6.84. The lowest BCUT2D eigenvalue weighted by Crippen LogP contribution is -2.56. The van der Waals surface area contributed by atoms with Gasteiger partial charge in [-0.05, 0) is 24.8 Å². The van der Waals surface area contributed by atoms with Gasteiger partial charge in [-0.1, -0.05) is 43.2 Å². The Balaban J connectivity index is 1.65. The van der Waals surface area contributed by atoms with Gasteiger partial charge in [0, 0.05) is 23.6 Å². The molecule has 1 aromatic carbocycles. The summed E-state index contributed by atoms with van der Waals surface area (Å²) in [6, 6.07) is 10.1. The van der Waals surface area contributed by atoms with Gasteiger partial charge in [-0.3, -0.25) is 4.79 Å². The zero-order valence-corrected chi connectivity index (χ0v) is 13.2. The van der Waals surface area contributed by atoms with Crippen LogP contribution in [-0.2, 0) is 11.2 Å². The van der Waals surface area contributed by atoms with E-state index in [0.29, 0.717) is 17.7 Å². The highest BCUT2D eigenvalue weighted by atomic mass is 32.2. The Kier molecular flexibility index (Phi) is 4.86. The maximum Gasteiger partial charge on any atom is 0.240 e. The fourth-order valence-corrected chi connectivity index (χ4v) is 4.98. The minimum Gasteiger partial charge on any atom is -0.336 e. The number of rotatable bonds is 3. The second-order valence-electron chi connectivity index (χ2n) is 6.09. The topological polar surface area (TPSA) is 46.3 Å². The number of hydrogen-bond donors (Lipinski definition) is 1. The highest BCUT2D eigenvalue weighted by molar-refractivity contribution is 8.00. The van der Waals surface area contributed by atoms with Gasteiger partial charge in [0.2, 0.25) is 5.91 Å². The first-order valence-corrected chi connectivity index (χ1v) is 9.02. The summed E-state index contributed by atoms with van der Waals surface area (Å²) in [7, 11) is 0. The quantitative estimate of drug-likeness (QED) is 0.933. The van der Waals surface area contributed by atoms with Crippen molar-refractivity contribution in [3.63, 3.8) is 0 Å². The van der Waals surface area contributed by atoms with Crippen molar-refractivity contribution >= 4 is 17.7 Å². The molecule has 1 heterocycles. The molecule has 1 saturated heterocycles. The minimum absolute atomic E-state index is 0.149. The van der Waals surface area contributed by atoms with Gasteiger partial charge in [-0.2, -0.15) is 11.8 Å². The molecule has 1 aliphatic heterocycles. The van der Waals surface area contributed by atoms with Gasteiger partial charge in [-0.15, -0.1) is 0 Å². The molecular formula is C17H24N2OS. The van der Waals surface area contributed by atoms with E-state index in [1.165, 1.54) is 19.3 Å². The van der Waals surface area contributed by atoms with Crippen LogP contribution in [0.25, 0.3) is 0 Å². The Hall–Kier alpha value is -1.00. The Bertz CT molecular complexity index is 477. The Morgan fingerprint density at radius 1 is 1.29 bits per heavy atom. The lowest BCUT2D eigenvalue weighted by Gasteiger charge is -2.44. The number of fused-ring (bicyclic) bond motifs is 1. The normalized spacial score (nSPS) is 27.0. The van der Waals surface area contributed by atoms with Gasteiger partial charge < -0.3 is 10.6 Å². The molecule has 2 N–H and O–H groups in total. The fourth-order valence-electron chi connectivity index (χ4n) is 3.54. The first kappa shape index (κ1) is 14.9. The highest BCUT2D eigenvalue weighted by Crippen LogP contribution is 2.35. The van der Waals surface area contributed by atoms with Crippen LogP contribution in [0.2, 0.25) is 0 Å². The van der Waals surface area contributed by atoms with Crippen LogP contribution in [0.15, 0.2) is 30.3 Å². The summed E-state index contributed by atoms with van der Waals surface area (Å²) in [4.78, 5) is 14.8. The number of amides is 1. The summed E-state index contributed by atoms with van der Waals surface area (Å²) in [6.07, 6.45) is 5.61. The molecule has 114 valence electrons. The molecule has 0 aromatic heterocycles. The van der Waals surface area contributed by atoms with Gasteiger partial charge in [0.15, 0.2) is 0 Å². The first-order valence-electron chi connectivity index (χ1n) is 7.97. The number of nitrogens with two attached hydrogens (primary N) is 1. The maximum absolute atomic E-state index is 12.7. The van der Waals surface area contributed by atoms with Crippen molar-refractivity contribution in [1.82, 2.24) is 4.90 Å². The van der Waals surface area contributed by atoms with E-state index in [1.54, 1.807) is 0 Å². The van der Waals surface area contributed by atoms with E-state index in [4.69, 9.17) is 5.73 Å². The van der Waals surface area contributed by atoms with Crippen molar-refractivity contribution in [2.24, 2.45) is 5.73 Å². The van der Waals surface area contributed by atoms with Crippen LogP contribution in [0.4, 0.5) is 0 Å². The molecule has 4 heteroatoms. The third kappa shape index (κ3) is 3.43. The molecule has 1 aliphatic carbocycles. The van der Waals surface area contributed by atoms with E-state index in [-0.39, 0.29) is 5.91 Å². The number of nitrogens with zero attached hydrogens (tertiary/aromatic N) is 1. The van der Waals surface area contributed by atoms with E-state index >= 15 is 0 Å². The van der Waals surface area contributed by atoms with Gasteiger partial charge in [0.05, 0.1) is 6.04 Å². The summed E-state index contributed by atoms with van der Waals surface area (Å²) in [5, 5.41) is 0.639. The molecule has 3 atom stereocenters. The molecule has 2 fully saturated rings. The first-order chi connectivity index (χ1) is 10.3. The van der Waals surface area contributed by atoms with Crippen molar-refractivity contribution in [2.75, 3.05) is 12.3 Å². The zero-order chi connectivity index (χ0) is 14.7. The smallest absolute Gasteiger partial charge is 0.240 e. The van der Waals surface area contributed by atoms with Crippen molar-refractivity contribution < 1.29 is 4.79 Å². The van der Waals surface area contributed by atoms with E-state index in [0.717, 1.165) is 24.3 Å². The zero-order valence-electron chi connectivity index (χ0n) is 12.4. The van der Waals surface area contributed by atoms with Gasteiger partial charge in [-0.25, -0.2) is 0 Å². The summed E-state index contributed by atoms with van der Waals surface area (Å²) >= 11 is 2.05. The third-order valence-electron chi connectivity index (χ3n) is 4.63. The van der Waals surface area contributed by atoms with Crippen LogP contribution >= 0.6 is 11.8 Å². The second-order valence-corrected chi connectivity index (χ2v) is 7.44. The molecule has 1 aromatic rings. The average Bonchev–Trinajstić information content (AvgIpc) is 2.54. The van der Waals surface area contributed by atoms with Crippen LogP contribution < -0.4 is 5.73 Å². The number of carbonyl (C=O) groups excluding carboxylic acids is 1. The fraction of sp³-hybridized carbons (Fsp3) is 0.588. The molecule has 2 aliphatic rings. The molecule has 3 nitrogen and oxygen atoms in total. The number of hydrogen-bond acceptors (Lipinski definition) is 3. The lowest BCUT2D eigenvalue weighted by molar-refractivity contribution is -0.135. The van der Waals surface area contributed by atoms with E-state index in [1.807, 2.05) is 42.1 Å². The predicted octanol–water partition coefficient (Wildman–Crippen LogP) is 2.44. The monoisotopic (exact) mass is 304 g/mol. The molecule has 0 unspecified atom stereocenters. The number of carbonyl (C=O) groups is 1. The van der Waals surface area contributed by atoms with Gasteiger partial charge in [0.25, 0.3) is 0 Å². The van der Waals surface area contributed by atoms with Crippen LogP contribution in [-0.4, -0.2) is 40.4 Å². The van der Waals surface area contributed by atoms with Crippen molar-refractivity contribution in [3.8, 4) is 0 Å². The molecule has 1 amide bonds. The third-order valence-corrected chi connectivity index (χ3v) is 6.03. The molecule has 0 radical (unpaired) electrons. The van der Waals surface area contributed by atoms with Crippen molar-refractivity contribution in [2.45, 2.75) is 49.4 Å². The molecule has 0 bridgehead atoms. The van der Waals surface area contributed by atoms with Gasteiger partial charge >= 0.3 is 0 Å². The Labute approximate surface area is 131 Å². The maximum atomic E-state index is 12.7. The lowest BCUT2D eigenvalue weighted by atomic mass is 9.92. The number of thioether (sulfide) groups is 1. The molecule has 3 rings (SSSR count). The van der Waals surface area contributed by atoms with Crippen LogP contribution in [0.5, 0.6) is 0 Å². The van der Waals surface area contributed by atoms with E-state index < -0.39 is 6.04 Å². The van der Waals surface area contributed by atoms with E-state index in [9.17, 15) is 4.79 Å². The van der Waals surface area contributed by atoms with Gasteiger partial charge in [0.1, 0.15) is 0 Å². The standard InChI is InChI=1S/C17H24N2OS/c18-14(12-13-6-2-1-3-7-13)17(20)19-10-11-21-16-9-5-4-8-15(16)19/h1-3,6-7,14-16H,4-5,8-12,18H2/t14-,15-,16-/m1/s1. The Morgan fingerprint density at radius 3 is 2.86 bits per heavy atom. The summed E-state index contributed by atoms with van der Waals surface area (Å²) in [5.74, 6) is 1.21. The highest BCUT2D eigenvalue weighted by Gasteiger charge is 2.37. The summed E-state index contributed by atoms with van der Waals surface area (Å²) in [5.41, 5.74) is 7.35. The summed E-state index contributed by atoms with van der Waals surface area (Å²) < 4.78 is 0. The summed E-state index contributed by atoms with van der Waals surface area (Å²) in [6.45, 7) is 0.868. The molecule has 1 saturated carbocycles. The number of benzene rings is 1. The predicted molar refractivity (Wildman–Crippen MR) is 88.3 cm³/mol. The molecule has 0 spiro atoms. The van der Waals surface area contributed by atoms with Crippen LogP contribution in [0, 0.1) is 0 Å². The van der Waals surface area contributed by atoms with Crippen LogP contribution in [0.3, 0.4) is 0 Å². The van der Waals surface area contributed by atoms with Crippen molar-refractivity contribution in [3.05, 3.63) is 35.9 Å². The largest absolute Gasteiger partial charge is 0.336 e. The SMILES string of the molecule is N[C@H](Cc1ccccc1)C(=O)N1CCS[C@@H]2CCCC[C@H]21.